The zero-order chi connectivity index (χ0) is 21.3. The van der Waals surface area contributed by atoms with Gasteiger partial charge in [0.05, 0.1) is 12.7 Å². The monoisotopic (exact) mass is 400 g/mol. The molecule has 0 radical (unpaired) electrons. The van der Waals surface area contributed by atoms with Crippen molar-refractivity contribution in [3.8, 4) is 0 Å². The Morgan fingerprint density at radius 1 is 1.31 bits per heavy atom. The number of aryl methyl sites for hydroxylation is 1. The lowest BCUT2D eigenvalue weighted by Crippen LogP contribution is -2.40. The number of carbonyl (C=O) groups excluding carboxylic acids is 1. The lowest BCUT2D eigenvalue weighted by molar-refractivity contribution is -0.130. The van der Waals surface area contributed by atoms with E-state index in [-0.39, 0.29) is 12.5 Å². The quantitative estimate of drug-likeness (QED) is 0.435. The Labute approximate surface area is 172 Å². The molecule has 0 aliphatic heterocycles. The number of aliphatic hydroxyl groups is 1. The molecule has 158 valence electrons. The number of nitrogens with one attached hydrogen (secondary N) is 2. The summed E-state index contributed by atoms with van der Waals surface area (Å²) in [4.78, 5) is 18.5. The van der Waals surface area contributed by atoms with Crippen molar-refractivity contribution in [1.29, 1.82) is 0 Å². The van der Waals surface area contributed by atoms with E-state index in [1.165, 1.54) is 0 Å². The number of carbonyl (C=O) groups is 1. The summed E-state index contributed by atoms with van der Waals surface area (Å²) in [6.45, 7) is 5.58. The van der Waals surface area contributed by atoms with E-state index in [4.69, 9.17) is 0 Å². The van der Waals surface area contributed by atoms with Gasteiger partial charge in [-0.25, -0.2) is 4.99 Å². The molecule has 1 unspecified atom stereocenters. The van der Waals surface area contributed by atoms with Crippen LogP contribution in [0.1, 0.15) is 31.4 Å². The number of nitrogens with zero attached hydrogens (tertiary/aromatic N) is 4. The standard InChI is InChI=1S/C21H32N6O2/c1-5-22-20(24-16-21(2,29)18-13-25-27(4)15-18)23-12-11-19(28)26(3)14-17-9-7-6-8-10-17/h6-10,13,15,29H,5,11-12,14,16H2,1-4H3,(H2,22,23,24). The predicted octanol–water partition coefficient (Wildman–Crippen LogP) is 1.23. The molecular formula is C21H32N6O2. The molecule has 0 saturated carbocycles. The third kappa shape index (κ3) is 7.23. The summed E-state index contributed by atoms with van der Waals surface area (Å²) in [6, 6.07) is 9.91. The molecule has 0 aliphatic carbocycles. The van der Waals surface area contributed by atoms with Crippen molar-refractivity contribution >= 4 is 11.9 Å². The highest BCUT2D eigenvalue weighted by Gasteiger charge is 2.24. The summed E-state index contributed by atoms with van der Waals surface area (Å²) in [5, 5.41) is 21.1. The summed E-state index contributed by atoms with van der Waals surface area (Å²) < 4.78 is 1.65. The maximum Gasteiger partial charge on any atom is 0.224 e. The number of guanidine groups is 1. The van der Waals surface area contributed by atoms with E-state index < -0.39 is 5.60 Å². The van der Waals surface area contributed by atoms with Gasteiger partial charge in [-0.2, -0.15) is 5.10 Å². The van der Waals surface area contributed by atoms with Gasteiger partial charge in [0.25, 0.3) is 0 Å². The largest absolute Gasteiger partial charge is 0.383 e. The molecule has 0 saturated heterocycles. The molecular weight excluding hydrogens is 368 g/mol. The van der Waals surface area contributed by atoms with Crippen LogP contribution in [0.2, 0.25) is 0 Å². The third-order valence-electron chi connectivity index (χ3n) is 4.54. The summed E-state index contributed by atoms with van der Waals surface area (Å²) in [7, 11) is 3.61. The first-order chi connectivity index (χ1) is 13.8. The first-order valence-corrected chi connectivity index (χ1v) is 9.83. The zero-order valence-corrected chi connectivity index (χ0v) is 17.7. The number of hydrogen-bond donors (Lipinski definition) is 3. The van der Waals surface area contributed by atoms with Crippen LogP contribution in [0.4, 0.5) is 0 Å². The van der Waals surface area contributed by atoms with E-state index >= 15 is 0 Å². The Morgan fingerprint density at radius 3 is 2.66 bits per heavy atom. The Hall–Kier alpha value is -2.87. The Bertz CT molecular complexity index is 801. The molecule has 1 atom stereocenters. The van der Waals surface area contributed by atoms with Crippen LogP contribution in [0.15, 0.2) is 47.7 Å². The molecule has 29 heavy (non-hydrogen) atoms. The second-order valence-electron chi connectivity index (χ2n) is 7.28. The molecule has 1 aromatic carbocycles. The lowest BCUT2D eigenvalue weighted by atomic mass is 10.0. The molecule has 1 amide bonds. The van der Waals surface area contributed by atoms with Gasteiger partial charge in [0.15, 0.2) is 5.96 Å². The second-order valence-corrected chi connectivity index (χ2v) is 7.28. The van der Waals surface area contributed by atoms with E-state index in [0.29, 0.717) is 37.6 Å². The van der Waals surface area contributed by atoms with Crippen molar-refractivity contribution in [2.24, 2.45) is 12.0 Å². The van der Waals surface area contributed by atoms with E-state index in [0.717, 1.165) is 5.56 Å². The van der Waals surface area contributed by atoms with Crippen LogP contribution in [0.5, 0.6) is 0 Å². The van der Waals surface area contributed by atoms with E-state index in [2.05, 4.69) is 20.7 Å². The minimum absolute atomic E-state index is 0.0551. The predicted molar refractivity (Wildman–Crippen MR) is 114 cm³/mol. The number of aliphatic imine (C=N–C) groups is 1. The minimum Gasteiger partial charge on any atom is -0.383 e. The van der Waals surface area contributed by atoms with Crippen LogP contribution in [-0.4, -0.2) is 58.3 Å². The number of aromatic nitrogens is 2. The van der Waals surface area contributed by atoms with Crippen molar-refractivity contribution in [1.82, 2.24) is 25.3 Å². The summed E-state index contributed by atoms with van der Waals surface area (Å²) >= 11 is 0. The number of benzene rings is 1. The molecule has 2 rings (SSSR count). The SMILES string of the molecule is CCNC(=NCC(C)(O)c1cnn(C)c1)NCCC(=O)N(C)Cc1ccccc1. The van der Waals surface area contributed by atoms with Crippen LogP contribution >= 0.6 is 0 Å². The Balaban J connectivity index is 1.85. The Kier molecular flexibility index (Phi) is 8.21. The topological polar surface area (TPSA) is 94.8 Å². The van der Waals surface area contributed by atoms with Crippen molar-refractivity contribution < 1.29 is 9.90 Å². The van der Waals surface area contributed by atoms with Gasteiger partial charge < -0.3 is 20.6 Å². The van der Waals surface area contributed by atoms with Gasteiger partial charge in [-0.1, -0.05) is 30.3 Å². The molecule has 8 nitrogen and oxygen atoms in total. The maximum absolute atomic E-state index is 12.4. The molecule has 0 aliphatic rings. The molecule has 0 bridgehead atoms. The molecule has 2 aromatic rings. The highest BCUT2D eigenvalue weighted by molar-refractivity contribution is 5.81. The van der Waals surface area contributed by atoms with Crippen LogP contribution < -0.4 is 10.6 Å². The van der Waals surface area contributed by atoms with Crippen LogP contribution in [-0.2, 0) is 24.0 Å². The maximum atomic E-state index is 12.4. The van der Waals surface area contributed by atoms with Gasteiger partial charge in [-0.15, -0.1) is 0 Å². The first-order valence-electron chi connectivity index (χ1n) is 9.83. The van der Waals surface area contributed by atoms with Gasteiger partial charge in [0.1, 0.15) is 5.60 Å². The van der Waals surface area contributed by atoms with Crippen molar-refractivity contribution in [3.63, 3.8) is 0 Å². The average molecular weight is 401 g/mol. The van der Waals surface area contributed by atoms with E-state index in [1.807, 2.05) is 37.3 Å². The highest BCUT2D eigenvalue weighted by atomic mass is 16.3. The fraction of sp³-hybridized carbons (Fsp3) is 0.476. The number of amides is 1. The van der Waals surface area contributed by atoms with Gasteiger partial charge >= 0.3 is 0 Å². The normalized spacial score (nSPS) is 13.6. The van der Waals surface area contributed by atoms with Gasteiger partial charge in [-0.05, 0) is 19.4 Å². The minimum atomic E-state index is -1.12. The van der Waals surface area contributed by atoms with Gasteiger partial charge in [0, 0.05) is 51.9 Å². The van der Waals surface area contributed by atoms with E-state index in [1.54, 1.807) is 43.0 Å². The van der Waals surface area contributed by atoms with Gasteiger partial charge in [-0.3, -0.25) is 9.48 Å². The summed E-state index contributed by atoms with van der Waals surface area (Å²) in [5.74, 6) is 0.620. The van der Waals surface area contributed by atoms with Crippen LogP contribution in [0.3, 0.4) is 0 Å². The number of hydrogen-bond acceptors (Lipinski definition) is 4. The van der Waals surface area contributed by atoms with Crippen molar-refractivity contribution in [2.75, 3.05) is 26.7 Å². The van der Waals surface area contributed by atoms with E-state index in [9.17, 15) is 9.90 Å². The first kappa shape index (κ1) is 22.4. The molecule has 0 spiro atoms. The van der Waals surface area contributed by atoms with Crippen molar-refractivity contribution in [2.45, 2.75) is 32.4 Å². The smallest absolute Gasteiger partial charge is 0.224 e. The summed E-state index contributed by atoms with van der Waals surface area (Å²) in [6.07, 6.45) is 3.76. The summed E-state index contributed by atoms with van der Waals surface area (Å²) in [5.41, 5.74) is 0.684. The fourth-order valence-corrected chi connectivity index (χ4v) is 2.79. The zero-order valence-electron chi connectivity index (χ0n) is 17.7. The average Bonchev–Trinajstić information content (AvgIpc) is 3.14. The lowest BCUT2D eigenvalue weighted by Gasteiger charge is -2.21. The van der Waals surface area contributed by atoms with Crippen LogP contribution in [0.25, 0.3) is 0 Å². The molecule has 8 heteroatoms. The molecule has 0 fully saturated rings. The fourth-order valence-electron chi connectivity index (χ4n) is 2.79. The Morgan fingerprint density at radius 2 is 2.03 bits per heavy atom. The van der Waals surface area contributed by atoms with Crippen molar-refractivity contribution in [3.05, 3.63) is 53.9 Å². The molecule has 3 N–H and O–H groups in total. The second kappa shape index (κ2) is 10.6. The molecule has 1 heterocycles. The van der Waals surface area contributed by atoms with Gasteiger partial charge in [0.2, 0.25) is 5.91 Å². The highest BCUT2D eigenvalue weighted by Crippen LogP contribution is 2.19. The van der Waals surface area contributed by atoms with Crippen LogP contribution in [0, 0.1) is 0 Å². The third-order valence-corrected chi connectivity index (χ3v) is 4.54. The number of rotatable bonds is 9. The molecule has 1 aromatic heterocycles.